The first-order valence-electron chi connectivity index (χ1n) is 8.06. The number of esters is 1. The molecular weight excluding hydrogens is 463 g/mol. The van der Waals surface area contributed by atoms with Gasteiger partial charge >= 0.3 is 5.97 Å². The molecular formula is C19H17IN2O5. The lowest BCUT2D eigenvalue weighted by molar-refractivity contribution is -0.135. The van der Waals surface area contributed by atoms with E-state index in [1.54, 1.807) is 18.2 Å². The summed E-state index contributed by atoms with van der Waals surface area (Å²) in [5, 5.41) is 5.62. The summed E-state index contributed by atoms with van der Waals surface area (Å²) in [5.41, 5.74) is 1.42. The van der Waals surface area contributed by atoms with Gasteiger partial charge in [-0.15, -0.1) is 5.10 Å². The highest BCUT2D eigenvalue weighted by Gasteiger charge is 2.33. The number of hydrogen-bond acceptors (Lipinski definition) is 6. The lowest BCUT2D eigenvalue weighted by atomic mass is 10.2. The number of hydrogen-bond donors (Lipinski definition) is 0. The monoisotopic (exact) mass is 480 g/mol. The zero-order valence-corrected chi connectivity index (χ0v) is 17.1. The molecule has 0 spiro atoms. The highest BCUT2D eigenvalue weighted by Crippen LogP contribution is 2.34. The lowest BCUT2D eigenvalue weighted by Crippen LogP contribution is -2.25. The van der Waals surface area contributed by atoms with E-state index in [0.717, 1.165) is 9.13 Å². The first-order chi connectivity index (χ1) is 12.9. The van der Waals surface area contributed by atoms with Gasteiger partial charge in [0.2, 0.25) is 18.0 Å². The normalized spacial score (nSPS) is 15.8. The topological polar surface area (TPSA) is 77.4 Å². The maximum atomic E-state index is 12.0. The molecule has 1 aliphatic heterocycles. The van der Waals surface area contributed by atoms with Gasteiger partial charge in [-0.25, -0.2) is 0 Å². The Labute approximate surface area is 170 Å². The van der Waals surface area contributed by atoms with Crippen LogP contribution in [0.25, 0.3) is 0 Å². The van der Waals surface area contributed by atoms with Gasteiger partial charge in [-0.1, -0.05) is 12.1 Å². The summed E-state index contributed by atoms with van der Waals surface area (Å²) < 4.78 is 17.4. The molecule has 2 aromatic carbocycles. The van der Waals surface area contributed by atoms with E-state index in [2.05, 4.69) is 27.7 Å². The van der Waals surface area contributed by atoms with Crippen LogP contribution >= 0.6 is 22.6 Å². The second-order valence-electron chi connectivity index (χ2n) is 5.75. The minimum absolute atomic E-state index is 0.239. The molecule has 8 heteroatoms. The van der Waals surface area contributed by atoms with Crippen molar-refractivity contribution in [3.05, 3.63) is 57.2 Å². The average Bonchev–Trinajstić information content (AvgIpc) is 3.07. The molecule has 0 aromatic heterocycles. The third kappa shape index (κ3) is 4.21. The van der Waals surface area contributed by atoms with E-state index in [-0.39, 0.29) is 11.8 Å². The average molecular weight is 480 g/mol. The van der Waals surface area contributed by atoms with E-state index in [9.17, 15) is 9.59 Å². The molecule has 3 rings (SSSR count). The fourth-order valence-corrected chi connectivity index (χ4v) is 3.17. The Morgan fingerprint density at radius 2 is 1.93 bits per heavy atom. The molecule has 0 saturated heterocycles. The summed E-state index contributed by atoms with van der Waals surface area (Å²) in [7, 11) is 1.47. The van der Waals surface area contributed by atoms with Gasteiger partial charge in [0.25, 0.3) is 0 Å². The lowest BCUT2D eigenvalue weighted by Gasteiger charge is -2.19. The van der Waals surface area contributed by atoms with Crippen LogP contribution < -0.4 is 9.47 Å². The number of methoxy groups -OCH3 is 1. The Bertz CT molecular complexity index is 928. The summed E-state index contributed by atoms with van der Waals surface area (Å²) in [6, 6.07) is 12.6. The van der Waals surface area contributed by atoms with Crippen LogP contribution in [0, 0.1) is 3.57 Å². The number of amides is 1. The summed E-state index contributed by atoms with van der Waals surface area (Å²) in [4.78, 5) is 23.2. The molecule has 1 heterocycles. The molecule has 0 bridgehead atoms. The van der Waals surface area contributed by atoms with Crippen LogP contribution in [0.1, 0.15) is 31.2 Å². The zero-order valence-electron chi connectivity index (χ0n) is 14.9. The Balaban J connectivity index is 1.94. The van der Waals surface area contributed by atoms with Gasteiger partial charge in [0.05, 0.1) is 7.11 Å². The molecule has 1 aliphatic rings. The van der Waals surface area contributed by atoms with Crippen LogP contribution in [-0.4, -0.2) is 29.9 Å². The van der Waals surface area contributed by atoms with Gasteiger partial charge in [0, 0.05) is 28.5 Å². The molecule has 0 radical (unpaired) electrons. The van der Waals surface area contributed by atoms with Crippen molar-refractivity contribution >= 4 is 40.4 Å². The standard InChI is InChI=1S/C19H17IN2O5/c1-11(23)22-19(14-5-4-6-15(20)9-14)27-18(21-22)13-7-8-16(26-12(2)24)17(10-13)25-3/h4-10,19H,1-3H3. The predicted octanol–water partition coefficient (Wildman–Crippen LogP) is 3.46. The predicted molar refractivity (Wildman–Crippen MR) is 106 cm³/mol. The van der Waals surface area contributed by atoms with Crippen LogP contribution in [0.2, 0.25) is 0 Å². The molecule has 1 amide bonds. The maximum Gasteiger partial charge on any atom is 0.308 e. The Morgan fingerprint density at radius 1 is 1.15 bits per heavy atom. The third-order valence-electron chi connectivity index (χ3n) is 3.76. The second-order valence-corrected chi connectivity index (χ2v) is 7.00. The molecule has 7 nitrogen and oxygen atoms in total. The SMILES string of the molecule is COc1cc(C2=NN(C(C)=O)C(c3cccc(I)c3)O2)ccc1OC(C)=O. The van der Waals surface area contributed by atoms with Crippen LogP contribution in [0.15, 0.2) is 47.6 Å². The summed E-state index contributed by atoms with van der Waals surface area (Å²) in [5.74, 6) is 0.252. The van der Waals surface area contributed by atoms with Gasteiger partial charge in [-0.2, -0.15) is 5.01 Å². The highest BCUT2D eigenvalue weighted by molar-refractivity contribution is 14.1. The van der Waals surface area contributed by atoms with E-state index in [1.165, 1.54) is 26.0 Å². The van der Waals surface area contributed by atoms with Crippen molar-refractivity contribution in [2.24, 2.45) is 5.10 Å². The molecule has 0 fully saturated rings. The smallest absolute Gasteiger partial charge is 0.308 e. The van der Waals surface area contributed by atoms with E-state index >= 15 is 0 Å². The first kappa shape index (κ1) is 19.2. The van der Waals surface area contributed by atoms with Crippen molar-refractivity contribution in [1.29, 1.82) is 0 Å². The molecule has 0 saturated carbocycles. The van der Waals surface area contributed by atoms with Crippen molar-refractivity contribution in [2.45, 2.75) is 20.1 Å². The molecule has 27 heavy (non-hydrogen) atoms. The number of nitrogens with zero attached hydrogens (tertiary/aromatic N) is 2. The summed E-state index contributed by atoms with van der Waals surface area (Å²) in [6.45, 7) is 2.75. The minimum atomic E-state index is -0.647. The first-order valence-corrected chi connectivity index (χ1v) is 9.14. The van der Waals surface area contributed by atoms with Crippen LogP contribution in [0.3, 0.4) is 0 Å². The van der Waals surface area contributed by atoms with Gasteiger partial charge in [-0.3, -0.25) is 9.59 Å². The fourth-order valence-electron chi connectivity index (χ4n) is 2.60. The molecule has 0 aliphatic carbocycles. The number of halogens is 1. The number of rotatable bonds is 4. The van der Waals surface area contributed by atoms with E-state index < -0.39 is 12.2 Å². The van der Waals surface area contributed by atoms with Crippen molar-refractivity contribution < 1.29 is 23.8 Å². The second kappa shape index (κ2) is 7.95. The van der Waals surface area contributed by atoms with E-state index in [0.29, 0.717) is 17.1 Å². The van der Waals surface area contributed by atoms with E-state index in [1.807, 2.05) is 24.3 Å². The quantitative estimate of drug-likeness (QED) is 0.381. The van der Waals surface area contributed by atoms with Crippen LogP contribution in [0.4, 0.5) is 0 Å². The zero-order chi connectivity index (χ0) is 19.6. The number of ether oxygens (including phenoxy) is 3. The number of hydrazone groups is 1. The third-order valence-corrected chi connectivity index (χ3v) is 4.44. The van der Waals surface area contributed by atoms with Crippen molar-refractivity contribution in [2.75, 3.05) is 7.11 Å². The largest absolute Gasteiger partial charge is 0.493 e. The number of carbonyl (C=O) groups is 2. The molecule has 0 N–H and O–H groups in total. The Hall–Kier alpha value is -2.62. The maximum absolute atomic E-state index is 12.0. The van der Waals surface area contributed by atoms with Gasteiger partial charge in [-0.05, 0) is 52.9 Å². The van der Waals surface area contributed by atoms with Crippen LogP contribution in [-0.2, 0) is 14.3 Å². The Kier molecular flexibility index (Phi) is 5.64. The van der Waals surface area contributed by atoms with E-state index in [4.69, 9.17) is 14.2 Å². The molecule has 2 aromatic rings. The van der Waals surface area contributed by atoms with Gasteiger partial charge in [0.15, 0.2) is 11.5 Å². The van der Waals surface area contributed by atoms with Crippen molar-refractivity contribution in [1.82, 2.24) is 5.01 Å². The summed E-state index contributed by atoms with van der Waals surface area (Å²) in [6.07, 6.45) is -0.647. The number of carbonyl (C=O) groups excluding carboxylic acids is 2. The Morgan fingerprint density at radius 3 is 2.56 bits per heavy atom. The summed E-state index contributed by atoms with van der Waals surface area (Å²) >= 11 is 2.20. The highest BCUT2D eigenvalue weighted by atomic mass is 127. The molecule has 140 valence electrons. The van der Waals surface area contributed by atoms with Crippen LogP contribution in [0.5, 0.6) is 11.5 Å². The minimum Gasteiger partial charge on any atom is -0.493 e. The molecule has 1 atom stereocenters. The van der Waals surface area contributed by atoms with Crippen molar-refractivity contribution in [3.8, 4) is 11.5 Å². The number of benzene rings is 2. The fraction of sp³-hybridized carbons (Fsp3) is 0.211. The molecule has 1 unspecified atom stereocenters. The van der Waals surface area contributed by atoms with Gasteiger partial charge in [0.1, 0.15) is 0 Å². The van der Waals surface area contributed by atoms with Crippen molar-refractivity contribution in [3.63, 3.8) is 0 Å². The van der Waals surface area contributed by atoms with Gasteiger partial charge < -0.3 is 14.2 Å².